The standard InChI is InChI=1S/C12H23N3O3/c1-12(2,3)14-11(18)13-10(17)7-15-6-4-5-9(15)8-16/h9,16H,4-8H2,1-3H3,(H2,13,14,17,18)/t9-/m0/s1. The molecule has 3 N–H and O–H groups in total. The molecule has 3 amide bonds. The summed E-state index contributed by atoms with van der Waals surface area (Å²) in [5, 5.41) is 14.1. The van der Waals surface area contributed by atoms with Gasteiger partial charge in [0.05, 0.1) is 13.2 Å². The summed E-state index contributed by atoms with van der Waals surface area (Å²) in [6.45, 7) is 6.54. The number of aliphatic hydroxyl groups is 1. The van der Waals surface area contributed by atoms with Crippen LogP contribution in [0.15, 0.2) is 0 Å². The molecule has 1 atom stereocenters. The van der Waals surface area contributed by atoms with Gasteiger partial charge < -0.3 is 10.4 Å². The van der Waals surface area contributed by atoms with Gasteiger partial charge in [-0.3, -0.25) is 15.0 Å². The number of hydrogen-bond donors (Lipinski definition) is 3. The maximum absolute atomic E-state index is 11.7. The molecule has 1 fully saturated rings. The Kier molecular flexibility index (Phi) is 5.10. The van der Waals surface area contributed by atoms with Crippen molar-refractivity contribution in [2.75, 3.05) is 19.7 Å². The number of carbonyl (C=O) groups excluding carboxylic acids is 2. The van der Waals surface area contributed by atoms with Gasteiger partial charge in [-0.1, -0.05) is 0 Å². The van der Waals surface area contributed by atoms with Crippen LogP contribution in [0.25, 0.3) is 0 Å². The monoisotopic (exact) mass is 257 g/mol. The molecule has 0 aromatic heterocycles. The van der Waals surface area contributed by atoms with E-state index in [4.69, 9.17) is 5.11 Å². The molecule has 1 heterocycles. The highest BCUT2D eigenvalue weighted by molar-refractivity contribution is 5.95. The molecule has 6 nitrogen and oxygen atoms in total. The Bertz CT molecular complexity index is 312. The first kappa shape index (κ1) is 14.9. The van der Waals surface area contributed by atoms with Crippen molar-refractivity contribution >= 4 is 11.9 Å². The number of amides is 3. The first-order chi connectivity index (χ1) is 8.31. The van der Waals surface area contributed by atoms with Crippen molar-refractivity contribution < 1.29 is 14.7 Å². The van der Waals surface area contributed by atoms with Crippen molar-refractivity contribution in [2.45, 2.75) is 45.2 Å². The molecule has 0 aromatic carbocycles. The number of urea groups is 1. The highest BCUT2D eigenvalue weighted by Gasteiger charge is 2.26. The minimum atomic E-state index is -0.479. The minimum Gasteiger partial charge on any atom is -0.395 e. The SMILES string of the molecule is CC(C)(C)NC(=O)NC(=O)CN1CCC[C@H]1CO. The summed E-state index contributed by atoms with van der Waals surface area (Å²) in [5.74, 6) is -0.336. The second-order valence-corrected chi connectivity index (χ2v) is 5.70. The summed E-state index contributed by atoms with van der Waals surface area (Å²) < 4.78 is 0. The van der Waals surface area contributed by atoms with Crippen LogP contribution in [0.3, 0.4) is 0 Å². The number of carbonyl (C=O) groups is 2. The van der Waals surface area contributed by atoms with Crippen LogP contribution in [0, 0.1) is 0 Å². The topological polar surface area (TPSA) is 81.7 Å². The lowest BCUT2D eigenvalue weighted by Gasteiger charge is -2.23. The van der Waals surface area contributed by atoms with Crippen molar-refractivity contribution in [1.82, 2.24) is 15.5 Å². The van der Waals surface area contributed by atoms with Crippen molar-refractivity contribution in [3.05, 3.63) is 0 Å². The third-order valence-corrected chi connectivity index (χ3v) is 2.80. The normalized spacial score (nSPS) is 20.8. The molecule has 0 bridgehead atoms. The van der Waals surface area contributed by atoms with E-state index < -0.39 is 6.03 Å². The first-order valence-corrected chi connectivity index (χ1v) is 6.29. The predicted molar refractivity (Wildman–Crippen MR) is 68.1 cm³/mol. The van der Waals surface area contributed by atoms with E-state index in [2.05, 4.69) is 10.6 Å². The van der Waals surface area contributed by atoms with Crippen LogP contribution in [-0.2, 0) is 4.79 Å². The minimum absolute atomic E-state index is 0.0430. The maximum Gasteiger partial charge on any atom is 0.321 e. The van der Waals surface area contributed by atoms with E-state index in [-0.39, 0.29) is 30.6 Å². The Morgan fingerprint density at radius 3 is 2.61 bits per heavy atom. The van der Waals surface area contributed by atoms with E-state index in [0.717, 1.165) is 19.4 Å². The van der Waals surface area contributed by atoms with Crippen LogP contribution in [0.1, 0.15) is 33.6 Å². The molecule has 1 aliphatic heterocycles. The Balaban J connectivity index is 2.35. The lowest BCUT2D eigenvalue weighted by Crippen LogP contribution is -2.50. The van der Waals surface area contributed by atoms with E-state index >= 15 is 0 Å². The molecule has 0 unspecified atom stereocenters. The molecule has 6 heteroatoms. The predicted octanol–water partition coefficient (Wildman–Crippen LogP) is 0.0674. The van der Waals surface area contributed by atoms with Crippen LogP contribution in [0.4, 0.5) is 4.79 Å². The third kappa shape index (κ3) is 5.01. The van der Waals surface area contributed by atoms with Gasteiger partial charge in [0.15, 0.2) is 0 Å². The number of nitrogens with one attached hydrogen (secondary N) is 2. The highest BCUT2D eigenvalue weighted by Crippen LogP contribution is 2.15. The Hall–Kier alpha value is -1.14. The molecule has 0 radical (unpaired) electrons. The second-order valence-electron chi connectivity index (χ2n) is 5.70. The van der Waals surface area contributed by atoms with Crippen LogP contribution in [0.2, 0.25) is 0 Å². The van der Waals surface area contributed by atoms with Crippen LogP contribution < -0.4 is 10.6 Å². The smallest absolute Gasteiger partial charge is 0.321 e. The van der Waals surface area contributed by atoms with Crippen molar-refractivity contribution in [1.29, 1.82) is 0 Å². The van der Waals surface area contributed by atoms with Crippen LogP contribution in [-0.4, -0.2) is 53.2 Å². The molecule has 104 valence electrons. The van der Waals surface area contributed by atoms with E-state index in [1.807, 2.05) is 25.7 Å². The molecule has 0 saturated carbocycles. The fraction of sp³-hybridized carbons (Fsp3) is 0.833. The Morgan fingerprint density at radius 1 is 1.39 bits per heavy atom. The average molecular weight is 257 g/mol. The fourth-order valence-corrected chi connectivity index (χ4v) is 2.03. The molecule has 0 aromatic rings. The van der Waals surface area contributed by atoms with Crippen molar-refractivity contribution in [2.24, 2.45) is 0 Å². The Labute approximate surface area is 108 Å². The van der Waals surface area contributed by atoms with Gasteiger partial charge in [0, 0.05) is 11.6 Å². The zero-order valence-corrected chi connectivity index (χ0v) is 11.3. The number of imide groups is 1. The van der Waals surface area contributed by atoms with Crippen LogP contribution in [0.5, 0.6) is 0 Å². The molecule has 0 spiro atoms. The summed E-state index contributed by atoms with van der Waals surface area (Å²) in [5.41, 5.74) is -0.369. The summed E-state index contributed by atoms with van der Waals surface area (Å²) in [6.07, 6.45) is 1.88. The fourth-order valence-electron chi connectivity index (χ4n) is 2.03. The van der Waals surface area contributed by atoms with Crippen LogP contribution >= 0.6 is 0 Å². The van der Waals surface area contributed by atoms with Crippen molar-refractivity contribution in [3.8, 4) is 0 Å². The zero-order chi connectivity index (χ0) is 13.8. The quantitative estimate of drug-likeness (QED) is 0.668. The van der Waals surface area contributed by atoms with Gasteiger partial charge in [0.2, 0.25) is 5.91 Å². The molecule has 0 aliphatic carbocycles. The van der Waals surface area contributed by atoms with E-state index in [1.165, 1.54) is 0 Å². The molecule has 18 heavy (non-hydrogen) atoms. The number of nitrogens with zero attached hydrogens (tertiary/aromatic N) is 1. The lowest BCUT2D eigenvalue weighted by atomic mass is 10.1. The maximum atomic E-state index is 11.7. The van der Waals surface area contributed by atoms with Gasteiger partial charge in [-0.15, -0.1) is 0 Å². The third-order valence-electron chi connectivity index (χ3n) is 2.80. The molecule has 1 rings (SSSR count). The molecule has 1 aliphatic rings. The van der Waals surface area contributed by atoms with Gasteiger partial charge >= 0.3 is 6.03 Å². The largest absolute Gasteiger partial charge is 0.395 e. The number of hydrogen-bond acceptors (Lipinski definition) is 4. The molecular formula is C12H23N3O3. The van der Waals surface area contributed by atoms with Gasteiger partial charge in [-0.05, 0) is 40.2 Å². The average Bonchev–Trinajstić information content (AvgIpc) is 2.61. The summed E-state index contributed by atoms with van der Waals surface area (Å²) in [4.78, 5) is 25.0. The number of rotatable bonds is 3. The molecule has 1 saturated heterocycles. The Morgan fingerprint density at radius 2 is 2.06 bits per heavy atom. The van der Waals surface area contributed by atoms with Gasteiger partial charge in [-0.2, -0.15) is 0 Å². The van der Waals surface area contributed by atoms with Gasteiger partial charge in [0.1, 0.15) is 0 Å². The highest BCUT2D eigenvalue weighted by atomic mass is 16.3. The second kappa shape index (κ2) is 6.15. The first-order valence-electron chi connectivity index (χ1n) is 6.29. The lowest BCUT2D eigenvalue weighted by molar-refractivity contribution is -0.121. The summed E-state index contributed by atoms with van der Waals surface area (Å²) >= 11 is 0. The van der Waals surface area contributed by atoms with Crippen molar-refractivity contribution in [3.63, 3.8) is 0 Å². The zero-order valence-electron chi connectivity index (χ0n) is 11.3. The summed E-state index contributed by atoms with van der Waals surface area (Å²) in [6, 6.07) is -0.436. The van der Waals surface area contributed by atoms with E-state index in [1.54, 1.807) is 0 Å². The molecular weight excluding hydrogens is 234 g/mol. The van der Waals surface area contributed by atoms with Gasteiger partial charge in [-0.25, -0.2) is 4.79 Å². The van der Waals surface area contributed by atoms with Gasteiger partial charge in [0.25, 0.3) is 0 Å². The summed E-state index contributed by atoms with van der Waals surface area (Å²) in [7, 11) is 0. The number of aliphatic hydroxyl groups excluding tert-OH is 1. The number of likely N-dealkylation sites (tertiary alicyclic amines) is 1. The van der Waals surface area contributed by atoms with E-state index in [0.29, 0.717) is 0 Å². The van der Waals surface area contributed by atoms with E-state index in [9.17, 15) is 9.59 Å².